The first-order valence-corrected chi connectivity index (χ1v) is 5.84. The number of hydrogen-bond acceptors (Lipinski definition) is 4. The van der Waals surface area contributed by atoms with Crippen molar-refractivity contribution in [2.75, 3.05) is 10.6 Å². The first kappa shape index (κ1) is 14.3. The van der Waals surface area contributed by atoms with Crippen molar-refractivity contribution in [3.8, 4) is 12.1 Å². The van der Waals surface area contributed by atoms with Gasteiger partial charge in [0.05, 0.1) is 5.69 Å². The molecule has 0 radical (unpaired) electrons. The van der Waals surface area contributed by atoms with E-state index < -0.39 is 11.8 Å². The second-order valence-electron chi connectivity index (χ2n) is 3.74. The summed E-state index contributed by atoms with van der Waals surface area (Å²) < 4.78 is 13.5. The molecule has 0 spiro atoms. The van der Waals surface area contributed by atoms with Gasteiger partial charge in [0.15, 0.2) is 11.4 Å². The largest absolute Gasteiger partial charge is 0.326 e. The summed E-state index contributed by atoms with van der Waals surface area (Å²) in [4.78, 5) is 17.8. The van der Waals surface area contributed by atoms with Gasteiger partial charge in [0, 0.05) is 5.02 Å². The second kappa shape index (κ2) is 5.90. The molecule has 1 heterocycles. The van der Waals surface area contributed by atoms with Gasteiger partial charge in [-0.2, -0.15) is 10.5 Å². The van der Waals surface area contributed by atoms with Crippen LogP contribution in [0.2, 0.25) is 5.02 Å². The molecule has 0 saturated carbocycles. The Morgan fingerprint density at radius 2 is 2.10 bits per heavy atom. The molecule has 1 aromatic heterocycles. The molecule has 0 saturated heterocycles. The molecule has 0 bridgehead atoms. The molecular weight excluding hydrogens is 299 g/mol. The van der Waals surface area contributed by atoms with E-state index in [2.05, 4.69) is 20.6 Å². The summed E-state index contributed by atoms with van der Waals surface area (Å²) >= 11 is 5.59. The van der Waals surface area contributed by atoms with Gasteiger partial charge in [0.25, 0.3) is 0 Å². The fourth-order valence-electron chi connectivity index (χ4n) is 1.45. The molecule has 21 heavy (non-hydrogen) atoms. The number of anilines is 2. The molecule has 0 fully saturated rings. The molecule has 0 aliphatic carbocycles. The van der Waals surface area contributed by atoms with Gasteiger partial charge in [-0.3, -0.25) is 5.32 Å². The summed E-state index contributed by atoms with van der Waals surface area (Å²) in [6.45, 7) is 0. The molecule has 2 rings (SSSR count). The molecule has 0 aliphatic heterocycles. The van der Waals surface area contributed by atoms with E-state index in [4.69, 9.17) is 22.1 Å². The maximum absolute atomic E-state index is 13.5. The monoisotopic (exact) mass is 304 g/mol. The number of benzene rings is 1. The van der Waals surface area contributed by atoms with Crippen LogP contribution in [0.25, 0.3) is 0 Å². The number of nitriles is 2. The lowest BCUT2D eigenvalue weighted by atomic mass is 10.3. The number of nitrogens with one attached hydrogen (secondary N) is 3. The van der Waals surface area contributed by atoms with E-state index in [1.54, 1.807) is 12.1 Å². The quantitative estimate of drug-likeness (QED) is 0.790. The molecule has 7 nitrogen and oxygen atoms in total. The molecule has 0 aliphatic rings. The number of rotatable bonds is 2. The molecule has 2 aromatic rings. The maximum Gasteiger partial charge on any atom is 0.326 e. The lowest BCUT2D eigenvalue weighted by Crippen LogP contribution is -2.20. The molecule has 0 atom stereocenters. The zero-order chi connectivity index (χ0) is 15.4. The third-order valence-corrected chi connectivity index (χ3v) is 2.57. The number of halogens is 2. The Bertz CT molecular complexity index is 757. The molecule has 9 heteroatoms. The minimum Gasteiger partial charge on any atom is -0.314 e. The van der Waals surface area contributed by atoms with Gasteiger partial charge < -0.3 is 10.3 Å². The van der Waals surface area contributed by atoms with E-state index in [1.807, 2.05) is 0 Å². The Morgan fingerprint density at radius 1 is 1.33 bits per heavy atom. The third-order valence-electron chi connectivity index (χ3n) is 2.33. The van der Waals surface area contributed by atoms with Crippen molar-refractivity contribution in [3.05, 3.63) is 40.4 Å². The zero-order valence-electron chi connectivity index (χ0n) is 10.2. The Hall–Kier alpha value is -3.10. The van der Waals surface area contributed by atoms with E-state index in [1.165, 1.54) is 12.1 Å². The summed E-state index contributed by atoms with van der Waals surface area (Å²) in [5, 5.41) is 22.1. The zero-order valence-corrected chi connectivity index (χ0v) is 11.0. The van der Waals surface area contributed by atoms with Gasteiger partial charge >= 0.3 is 6.03 Å². The van der Waals surface area contributed by atoms with Crippen molar-refractivity contribution in [2.24, 2.45) is 0 Å². The molecule has 2 amide bonds. The van der Waals surface area contributed by atoms with Gasteiger partial charge in [0.1, 0.15) is 18.0 Å². The summed E-state index contributed by atoms with van der Waals surface area (Å²) in [7, 11) is 0. The third kappa shape index (κ3) is 3.26. The van der Waals surface area contributed by atoms with Crippen LogP contribution in [0.15, 0.2) is 18.2 Å². The highest BCUT2D eigenvalue weighted by Crippen LogP contribution is 2.19. The number of amides is 2. The van der Waals surface area contributed by atoms with Crippen LogP contribution in [0, 0.1) is 28.5 Å². The highest BCUT2D eigenvalue weighted by Gasteiger charge is 2.12. The number of H-pyrrole nitrogens is 1. The number of hydrogen-bond donors (Lipinski definition) is 3. The van der Waals surface area contributed by atoms with Crippen LogP contribution >= 0.6 is 11.6 Å². The van der Waals surface area contributed by atoms with Crippen LogP contribution in [-0.4, -0.2) is 16.0 Å². The number of aromatic amines is 1. The fraction of sp³-hybridized carbons (Fsp3) is 0. The SMILES string of the molecule is N#Cc1nc(NC(=O)Nc2ccc(Cl)cc2F)[nH]c1C#N. The number of urea groups is 1. The van der Waals surface area contributed by atoms with Crippen LogP contribution in [0.4, 0.5) is 20.8 Å². The highest BCUT2D eigenvalue weighted by atomic mass is 35.5. The summed E-state index contributed by atoms with van der Waals surface area (Å²) in [5.74, 6) is -0.803. The standard InChI is InChI=1S/C12H6ClFN6O/c13-6-1-2-8(7(14)3-6)19-12(21)20-11-17-9(4-15)10(5-16)18-11/h1-3H,(H3,17,18,19,20,21). The van der Waals surface area contributed by atoms with Crippen molar-refractivity contribution in [2.45, 2.75) is 0 Å². The molecule has 104 valence electrons. The van der Waals surface area contributed by atoms with Crippen LogP contribution in [-0.2, 0) is 0 Å². The van der Waals surface area contributed by atoms with E-state index >= 15 is 0 Å². The van der Waals surface area contributed by atoms with E-state index in [0.29, 0.717) is 0 Å². The van der Waals surface area contributed by atoms with Gasteiger partial charge in [0.2, 0.25) is 5.95 Å². The minimum atomic E-state index is -0.793. The van der Waals surface area contributed by atoms with Crippen LogP contribution in [0.1, 0.15) is 11.4 Å². The lowest BCUT2D eigenvalue weighted by molar-refractivity contribution is 0.262. The van der Waals surface area contributed by atoms with E-state index in [0.717, 1.165) is 6.07 Å². The Labute approximate surface area is 123 Å². The minimum absolute atomic E-state index is 0.0783. The second-order valence-corrected chi connectivity index (χ2v) is 4.17. The van der Waals surface area contributed by atoms with Crippen LogP contribution < -0.4 is 10.6 Å². The van der Waals surface area contributed by atoms with Crippen molar-refractivity contribution in [3.63, 3.8) is 0 Å². The fourth-order valence-corrected chi connectivity index (χ4v) is 1.61. The Morgan fingerprint density at radius 3 is 2.67 bits per heavy atom. The normalized spacial score (nSPS) is 9.52. The van der Waals surface area contributed by atoms with Crippen LogP contribution in [0.5, 0.6) is 0 Å². The number of carbonyl (C=O) groups excluding carboxylic acids is 1. The van der Waals surface area contributed by atoms with Gasteiger partial charge in [-0.25, -0.2) is 14.2 Å². The predicted octanol–water partition coefficient (Wildman–Crippen LogP) is 2.59. The van der Waals surface area contributed by atoms with Crippen molar-refractivity contribution in [1.82, 2.24) is 9.97 Å². The van der Waals surface area contributed by atoms with Crippen molar-refractivity contribution >= 4 is 29.3 Å². The van der Waals surface area contributed by atoms with E-state index in [-0.39, 0.29) is 28.0 Å². The highest BCUT2D eigenvalue weighted by molar-refractivity contribution is 6.30. The molecular formula is C12H6ClFN6O. The number of imidazole rings is 1. The van der Waals surface area contributed by atoms with Gasteiger partial charge in [-0.05, 0) is 18.2 Å². The van der Waals surface area contributed by atoms with Crippen LogP contribution in [0.3, 0.4) is 0 Å². The molecule has 0 unspecified atom stereocenters. The summed E-state index contributed by atoms with van der Waals surface area (Å²) in [6.07, 6.45) is 0. The van der Waals surface area contributed by atoms with Crippen molar-refractivity contribution in [1.29, 1.82) is 10.5 Å². The predicted molar refractivity (Wildman–Crippen MR) is 72.1 cm³/mol. The Balaban J connectivity index is 2.10. The summed E-state index contributed by atoms with van der Waals surface area (Å²) in [5.41, 5.74) is -0.305. The average Bonchev–Trinajstić information content (AvgIpc) is 2.84. The number of nitrogens with zero attached hydrogens (tertiary/aromatic N) is 3. The Kier molecular flexibility index (Phi) is 4.02. The topological polar surface area (TPSA) is 117 Å². The summed E-state index contributed by atoms with van der Waals surface area (Å²) in [6, 6.07) is 6.37. The van der Waals surface area contributed by atoms with Gasteiger partial charge in [-0.15, -0.1) is 0 Å². The molecule has 1 aromatic carbocycles. The lowest BCUT2D eigenvalue weighted by Gasteiger charge is -2.06. The van der Waals surface area contributed by atoms with Gasteiger partial charge in [-0.1, -0.05) is 11.6 Å². The van der Waals surface area contributed by atoms with E-state index in [9.17, 15) is 9.18 Å². The maximum atomic E-state index is 13.5. The van der Waals surface area contributed by atoms with Crippen molar-refractivity contribution < 1.29 is 9.18 Å². The average molecular weight is 305 g/mol. The number of carbonyl (C=O) groups is 1. The number of aromatic nitrogens is 2. The molecule has 3 N–H and O–H groups in total. The first-order chi connectivity index (χ1) is 10.0. The first-order valence-electron chi connectivity index (χ1n) is 5.46. The smallest absolute Gasteiger partial charge is 0.314 e.